The van der Waals surface area contributed by atoms with Crippen molar-refractivity contribution in [3.05, 3.63) is 68.2 Å². The molecule has 0 aliphatic heterocycles. The zero-order valence-corrected chi connectivity index (χ0v) is 18.5. The third-order valence-corrected chi connectivity index (χ3v) is 6.40. The number of hydrogen-bond donors (Lipinski definition) is 2. The van der Waals surface area contributed by atoms with Crippen LogP contribution in [-0.2, 0) is 11.4 Å². The minimum atomic E-state index is -0.186. The fraction of sp³-hybridized carbons (Fsp3) is 0.364. The molecule has 0 radical (unpaired) electrons. The van der Waals surface area contributed by atoms with Crippen LogP contribution in [0.1, 0.15) is 40.0 Å². The average Bonchev–Trinajstić information content (AvgIpc) is 3.32. The maximum atomic E-state index is 12.9. The summed E-state index contributed by atoms with van der Waals surface area (Å²) in [5.41, 5.74) is 3.73. The highest BCUT2D eigenvalue weighted by molar-refractivity contribution is 7.11. The van der Waals surface area contributed by atoms with Crippen LogP contribution in [0.15, 0.2) is 42.0 Å². The summed E-state index contributed by atoms with van der Waals surface area (Å²) in [6.45, 7) is 2.68. The molecule has 1 aliphatic rings. The van der Waals surface area contributed by atoms with Gasteiger partial charge < -0.3 is 15.3 Å². The molecule has 1 heterocycles. The maximum absolute atomic E-state index is 12.9. The third-order valence-electron chi connectivity index (χ3n) is 4.89. The van der Waals surface area contributed by atoms with E-state index in [2.05, 4.69) is 15.2 Å². The summed E-state index contributed by atoms with van der Waals surface area (Å²) < 4.78 is 0. The smallest absolute Gasteiger partial charge is 0.248 e. The predicted octanol–water partition coefficient (Wildman–Crippen LogP) is 4.12. The molecule has 154 valence electrons. The van der Waals surface area contributed by atoms with Crippen molar-refractivity contribution in [2.45, 2.75) is 32.4 Å². The van der Waals surface area contributed by atoms with Crippen molar-refractivity contribution in [1.29, 1.82) is 0 Å². The van der Waals surface area contributed by atoms with Crippen molar-refractivity contribution in [2.24, 2.45) is 0 Å². The van der Waals surface area contributed by atoms with E-state index < -0.39 is 0 Å². The monoisotopic (exact) mass is 431 g/mol. The summed E-state index contributed by atoms with van der Waals surface area (Å²) >= 11 is 7.43. The van der Waals surface area contributed by atoms with Gasteiger partial charge in [0.1, 0.15) is 5.01 Å². The Morgan fingerprint density at radius 2 is 2.03 bits per heavy atom. The number of halogens is 1. The van der Waals surface area contributed by atoms with Gasteiger partial charge in [0.2, 0.25) is 5.91 Å². The van der Waals surface area contributed by atoms with Gasteiger partial charge in [-0.3, -0.25) is 4.79 Å². The van der Waals surface area contributed by atoms with Crippen LogP contribution in [0.3, 0.4) is 0 Å². The second kappa shape index (κ2) is 9.67. The molecule has 0 saturated carbocycles. The van der Waals surface area contributed by atoms with E-state index in [4.69, 9.17) is 11.6 Å². The number of carbonyl (C=O) groups excluding carboxylic acids is 1. The molecule has 2 aromatic rings. The highest BCUT2D eigenvalue weighted by atomic mass is 35.5. The number of aromatic nitrogens is 1. The highest BCUT2D eigenvalue weighted by Crippen LogP contribution is 2.31. The molecule has 3 rings (SSSR count). The summed E-state index contributed by atoms with van der Waals surface area (Å²) in [5, 5.41) is 14.2. The van der Waals surface area contributed by atoms with Crippen LogP contribution in [0.4, 0.5) is 0 Å². The number of hydrogen-bond acceptors (Lipinski definition) is 5. The van der Waals surface area contributed by atoms with E-state index in [1.165, 1.54) is 11.3 Å². The van der Waals surface area contributed by atoms with Gasteiger partial charge in [-0.15, -0.1) is 11.3 Å². The lowest BCUT2D eigenvalue weighted by molar-refractivity contribution is -0.118. The Labute approximate surface area is 180 Å². The van der Waals surface area contributed by atoms with Gasteiger partial charge in [0, 0.05) is 17.0 Å². The molecule has 0 bridgehead atoms. The predicted molar refractivity (Wildman–Crippen MR) is 119 cm³/mol. The first-order valence-electron chi connectivity index (χ1n) is 9.55. The number of nitrogens with zero attached hydrogens (tertiary/aromatic N) is 2. The zero-order valence-electron chi connectivity index (χ0n) is 16.9. The molecule has 0 spiro atoms. The van der Waals surface area contributed by atoms with Crippen LogP contribution in [0.25, 0.3) is 5.57 Å². The van der Waals surface area contributed by atoms with Crippen molar-refractivity contribution in [3.63, 3.8) is 0 Å². The summed E-state index contributed by atoms with van der Waals surface area (Å²) in [5.74, 6) is -0.0765. The molecule has 1 amide bonds. The molecule has 1 aliphatic carbocycles. The number of carbonyl (C=O) groups is 1. The zero-order chi connectivity index (χ0) is 21.0. The van der Waals surface area contributed by atoms with Gasteiger partial charge in [0.25, 0.3) is 0 Å². The van der Waals surface area contributed by atoms with Crippen molar-refractivity contribution in [2.75, 3.05) is 20.6 Å². The van der Waals surface area contributed by atoms with Crippen LogP contribution in [0.2, 0.25) is 5.02 Å². The topological polar surface area (TPSA) is 65.5 Å². The first-order valence-corrected chi connectivity index (χ1v) is 10.7. The van der Waals surface area contributed by atoms with E-state index in [0.717, 1.165) is 45.3 Å². The fourth-order valence-electron chi connectivity index (χ4n) is 3.18. The van der Waals surface area contributed by atoms with Crippen LogP contribution in [-0.4, -0.2) is 41.5 Å². The minimum Gasteiger partial charge on any atom is -0.391 e. The number of benzene rings is 1. The number of allylic oxidation sites excluding steroid dienone is 3. The van der Waals surface area contributed by atoms with Crippen molar-refractivity contribution in [3.8, 4) is 0 Å². The summed E-state index contributed by atoms with van der Waals surface area (Å²) in [6, 6.07) is 7.47. The Bertz CT molecular complexity index is 932. The van der Waals surface area contributed by atoms with Crippen molar-refractivity contribution in [1.82, 2.24) is 15.2 Å². The van der Waals surface area contributed by atoms with Crippen molar-refractivity contribution >= 4 is 34.4 Å². The minimum absolute atomic E-state index is 0.0304. The molecule has 5 nitrogen and oxygen atoms in total. The standard InChI is InChI=1S/C22H26ClN3O2S/c1-14-20(13-27)29-22(24-14)19(10-11-26(2)3)25-21(28)17-5-4-16(12-17)15-6-8-18(23)9-7-15/h4-9,19,27H,10-13H2,1-3H3,(H,25,28). The largest absolute Gasteiger partial charge is 0.391 e. The van der Waals surface area contributed by atoms with E-state index in [9.17, 15) is 9.90 Å². The Morgan fingerprint density at radius 3 is 2.66 bits per heavy atom. The molecule has 1 atom stereocenters. The quantitative estimate of drug-likeness (QED) is 0.659. The first-order chi connectivity index (χ1) is 13.9. The lowest BCUT2D eigenvalue weighted by Crippen LogP contribution is -2.31. The van der Waals surface area contributed by atoms with Gasteiger partial charge >= 0.3 is 0 Å². The number of amides is 1. The summed E-state index contributed by atoms with van der Waals surface area (Å²) in [6.07, 6.45) is 5.22. The SMILES string of the molecule is Cc1nc(C(CCN(C)C)NC(=O)C2=CC=C(c3ccc(Cl)cc3)C2)sc1CO. The second-order valence-corrected chi connectivity index (χ2v) is 8.96. The number of aryl methyl sites for hydroxylation is 1. The van der Waals surface area contributed by atoms with E-state index in [1.807, 2.05) is 57.4 Å². The number of thiazole rings is 1. The molecule has 7 heteroatoms. The fourth-order valence-corrected chi connectivity index (χ4v) is 4.32. The Balaban J connectivity index is 1.69. The number of nitrogens with one attached hydrogen (secondary N) is 1. The Hall–Kier alpha value is -1.99. The van der Waals surface area contributed by atoms with Crippen LogP contribution >= 0.6 is 22.9 Å². The van der Waals surface area contributed by atoms with Gasteiger partial charge in [0.05, 0.1) is 23.2 Å². The molecular formula is C22H26ClN3O2S. The molecule has 0 saturated heterocycles. The average molecular weight is 432 g/mol. The van der Waals surface area contributed by atoms with Crippen molar-refractivity contribution < 1.29 is 9.90 Å². The molecule has 1 aromatic heterocycles. The highest BCUT2D eigenvalue weighted by Gasteiger charge is 2.23. The Kier molecular flexibility index (Phi) is 7.24. The number of aliphatic hydroxyl groups excluding tert-OH is 1. The third kappa shape index (κ3) is 5.54. The first kappa shape index (κ1) is 21.7. The molecule has 0 fully saturated rings. The van der Waals surface area contributed by atoms with E-state index in [1.54, 1.807) is 0 Å². The van der Waals surface area contributed by atoms with Crippen LogP contribution < -0.4 is 5.32 Å². The van der Waals surface area contributed by atoms with E-state index >= 15 is 0 Å². The molecule has 1 unspecified atom stereocenters. The second-order valence-electron chi connectivity index (χ2n) is 7.40. The summed E-state index contributed by atoms with van der Waals surface area (Å²) in [7, 11) is 4.01. The lowest BCUT2D eigenvalue weighted by Gasteiger charge is -2.19. The lowest BCUT2D eigenvalue weighted by atomic mass is 10.0. The van der Waals surface area contributed by atoms with Gasteiger partial charge in [-0.25, -0.2) is 4.98 Å². The van der Waals surface area contributed by atoms with Crippen LogP contribution in [0, 0.1) is 6.92 Å². The molecule has 2 N–H and O–H groups in total. The normalized spacial score (nSPS) is 14.7. The molecule has 29 heavy (non-hydrogen) atoms. The van der Waals surface area contributed by atoms with Gasteiger partial charge in [-0.1, -0.05) is 35.9 Å². The van der Waals surface area contributed by atoms with Gasteiger partial charge in [-0.05, 0) is 57.3 Å². The molecular weight excluding hydrogens is 406 g/mol. The van der Waals surface area contributed by atoms with Crippen LogP contribution in [0.5, 0.6) is 0 Å². The molecule has 1 aromatic carbocycles. The van der Waals surface area contributed by atoms with E-state index in [0.29, 0.717) is 11.4 Å². The Morgan fingerprint density at radius 1 is 1.31 bits per heavy atom. The number of aliphatic hydroxyl groups is 1. The number of rotatable bonds is 8. The van der Waals surface area contributed by atoms with Gasteiger partial charge in [-0.2, -0.15) is 0 Å². The van der Waals surface area contributed by atoms with Gasteiger partial charge in [0.15, 0.2) is 0 Å². The summed E-state index contributed by atoms with van der Waals surface area (Å²) in [4.78, 5) is 20.5. The maximum Gasteiger partial charge on any atom is 0.248 e. The van der Waals surface area contributed by atoms with E-state index in [-0.39, 0.29) is 18.6 Å².